The van der Waals surface area contributed by atoms with Crippen LogP contribution in [-0.2, 0) is 3.07 Å². The van der Waals surface area contributed by atoms with Crippen LogP contribution in [0.1, 0.15) is 65.2 Å². The van der Waals surface area contributed by atoms with Gasteiger partial charge in [0, 0.05) is 0 Å². The molecule has 0 saturated heterocycles. The molecule has 0 unspecified atom stereocenters. The van der Waals surface area contributed by atoms with Gasteiger partial charge in [-0.25, -0.2) is 0 Å². The van der Waals surface area contributed by atoms with Gasteiger partial charge in [0.1, 0.15) is 0 Å². The van der Waals surface area contributed by atoms with Crippen LogP contribution in [0.5, 0.6) is 0 Å². The van der Waals surface area contributed by atoms with Crippen molar-refractivity contribution in [1.82, 2.24) is 0 Å². The molecule has 16 heavy (non-hydrogen) atoms. The van der Waals surface area contributed by atoms with Crippen LogP contribution in [0.25, 0.3) is 0 Å². The Morgan fingerprint density at radius 1 is 0.812 bits per heavy atom. The summed E-state index contributed by atoms with van der Waals surface area (Å²) < 4.78 is 6.61. The van der Waals surface area contributed by atoms with E-state index in [1.807, 2.05) is 0 Å². The molecular weight excluding hydrogens is 350 g/mol. The summed E-state index contributed by atoms with van der Waals surface area (Å²) in [6.07, 6.45) is 9.96. The van der Waals surface area contributed by atoms with E-state index in [-0.39, 0.29) is 0 Å². The van der Waals surface area contributed by atoms with Crippen molar-refractivity contribution in [1.29, 1.82) is 0 Å². The van der Waals surface area contributed by atoms with E-state index in [1.54, 1.807) is 0 Å². The van der Waals surface area contributed by atoms with Gasteiger partial charge in [0.15, 0.2) is 0 Å². The van der Waals surface area contributed by atoms with Crippen LogP contribution in [0, 0.1) is 0 Å². The Morgan fingerprint density at radius 3 is 2.00 bits per heavy atom. The fourth-order valence-electron chi connectivity index (χ4n) is 1.56. The summed E-state index contributed by atoms with van der Waals surface area (Å²) in [5, 5.41) is 0. The van der Waals surface area contributed by atoms with Gasteiger partial charge in [0.25, 0.3) is 0 Å². The molecular formula is C12H26Cl2OSn. The summed E-state index contributed by atoms with van der Waals surface area (Å²) in [4.78, 5) is 0. The molecule has 0 aromatic heterocycles. The van der Waals surface area contributed by atoms with E-state index in [0.29, 0.717) is 0 Å². The Bertz CT molecular complexity index is 154. The topological polar surface area (TPSA) is 9.23 Å². The van der Waals surface area contributed by atoms with Crippen LogP contribution < -0.4 is 0 Å². The second kappa shape index (κ2) is 11.4. The standard InChI is InChI=1S/C8H17O.C4H9.2ClH.Sn/c1-2-3-4-5-6-7-8-9;1-3-4-2;;;/h2-8H2,1H3;1,3-4H2,2H3;2*1H;/q-1;;;;+3/p-2. The number of halogens is 2. The predicted octanol–water partition coefficient (Wildman–Crippen LogP) is 5.58. The van der Waals surface area contributed by atoms with Gasteiger partial charge in [-0.3, -0.25) is 0 Å². The van der Waals surface area contributed by atoms with E-state index < -0.39 is 16.5 Å². The first-order chi connectivity index (χ1) is 7.62. The third-order valence-electron chi connectivity index (χ3n) is 2.63. The second-order valence-corrected chi connectivity index (χ2v) is 19.7. The molecule has 0 aromatic rings. The van der Waals surface area contributed by atoms with Crippen molar-refractivity contribution < 1.29 is 3.07 Å². The monoisotopic (exact) mass is 376 g/mol. The third kappa shape index (κ3) is 11.8. The van der Waals surface area contributed by atoms with Gasteiger partial charge in [-0.05, 0) is 0 Å². The van der Waals surface area contributed by atoms with Gasteiger partial charge in [-0.1, -0.05) is 0 Å². The van der Waals surface area contributed by atoms with Gasteiger partial charge in [0.2, 0.25) is 0 Å². The van der Waals surface area contributed by atoms with Crippen LogP contribution in [-0.4, -0.2) is 23.1 Å². The third-order valence-corrected chi connectivity index (χ3v) is 11.1. The molecule has 4 heteroatoms. The molecule has 0 N–H and O–H groups in total. The summed E-state index contributed by atoms with van der Waals surface area (Å²) in [6, 6.07) is 0. The Hall–Kier alpha value is 1.34. The van der Waals surface area contributed by atoms with Gasteiger partial charge in [-0.15, -0.1) is 0 Å². The summed E-state index contributed by atoms with van der Waals surface area (Å²) in [5.41, 5.74) is 0. The minimum atomic E-state index is -3.07. The van der Waals surface area contributed by atoms with E-state index in [9.17, 15) is 0 Å². The van der Waals surface area contributed by atoms with Crippen LogP contribution in [0.2, 0.25) is 4.44 Å². The normalized spacial score (nSPS) is 12.0. The molecule has 0 heterocycles. The SMILES string of the molecule is CCCCCCCC[O][Sn]([Cl])([Cl])[CH2]CCC. The maximum atomic E-state index is 6.23. The molecule has 0 aliphatic carbocycles. The van der Waals surface area contributed by atoms with E-state index in [0.717, 1.165) is 30.3 Å². The van der Waals surface area contributed by atoms with Crippen molar-refractivity contribution in [3.63, 3.8) is 0 Å². The van der Waals surface area contributed by atoms with Crippen LogP contribution in [0.3, 0.4) is 0 Å². The quantitative estimate of drug-likeness (QED) is 0.338. The van der Waals surface area contributed by atoms with E-state index in [1.165, 1.54) is 32.1 Å². The molecule has 0 bridgehead atoms. The summed E-state index contributed by atoms with van der Waals surface area (Å²) >= 11 is -3.07. The molecule has 0 radical (unpaired) electrons. The Labute approximate surface area is 113 Å². The first kappa shape index (κ1) is 17.3. The maximum absolute atomic E-state index is 6.23. The van der Waals surface area contributed by atoms with Crippen LogP contribution in [0.4, 0.5) is 0 Å². The van der Waals surface area contributed by atoms with Crippen molar-refractivity contribution in [2.24, 2.45) is 0 Å². The zero-order valence-corrected chi connectivity index (χ0v) is 15.1. The first-order valence-electron chi connectivity index (χ1n) is 6.64. The molecule has 98 valence electrons. The molecule has 0 fully saturated rings. The van der Waals surface area contributed by atoms with Crippen molar-refractivity contribution in [3.8, 4) is 0 Å². The average molecular weight is 376 g/mol. The van der Waals surface area contributed by atoms with Crippen LogP contribution in [0.15, 0.2) is 0 Å². The number of hydrogen-bond acceptors (Lipinski definition) is 1. The average Bonchev–Trinajstić information content (AvgIpc) is 2.25. The Kier molecular flexibility index (Phi) is 12.4. The van der Waals surface area contributed by atoms with Crippen molar-refractivity contribution in [2.45, 2.75) is 69.7 Å². The fraction of sp³-hybridized carbons (Fsp3) is 1.00. The molecule has 0 aromatic carbocycles. The van der Waals surface area contributed by atoms with E-state index >= 15 is 0 Å². The zero-order valence-electron chi connectivity index (χ0n) is 10.7. The Balaban J connectivity index is 3.29. The molecule has 0 aliphatic heterocycles. The van der Waals surface area contributed by atoms with Gasteiger partial charge in [0.05, 0.1) is 0 Å². The molecule has 1 nitrogen and oxygen atoms in total. The Morgan fingerprint density at radius 2 is 1.38 bits per heavy atom. The molecule has 0 spiro atoms. The van der Waals surface area contributed by atoms with E-state index in [2.05, 4.69) is 13.8 Å². The number of rotatable bonds is 11. The van der Waals surface area contributed by atoms with Crippen molar-refractivity contribution >= 4 is 34.4 Å². The zero-order chi connectivity index (χ0) is 12.3. The molecule has 0 rings (SSSR count). The van der Waals surface area contributed by atoms with Crippen LogP contribution >= 0.6 is 17.8 Å². The summed E-state index contributed by atoms with van der Waals surface area (Å²) in [7, 11) is 12.5. The summed E-state index contributed by atoms with van der Waals surface area (Å²) in [5.74, 6) is 0. The molecule has 0 atom stereocenters. The van der Waals surface area contributed by atoms with Gasteiger partial charge >= 0.3 is 114 Å². The number of unbranched alkanes of at least 4 members (excludes halogenated alkanes) is 6. The minimum absolute atomic E-state index is 0.777. The summed E-state index contributed by atoms with van der Waals surface area (Å²) in [6.45, 7) is 5.17. The second-order valence-electron chi connectivity index (χ2n) is 4.36. The number of hydrogen-bond donors (Lipinski definition) is 0. The molecule has 0 saturated carbocycles. The fourth-order valence-corrected chi connectivity index (χ4v) is 8.25. The van der Waals surface area contributed by atoms with Gasteiger partial charge in [-0.2, -0.15) is 0 Å². The van der Waals surface area contributed by atoms with Gasteiger partial charge < -0.3 is 0 Å². The van der Waals surface area contributed by atoms with E-state index in [4.69, 9.17) is 20.9 Å². The van der Waals surface area contributed by atoms with Crippen molar-refractivity contribution in [2.75, 3.05) is 6.61 Å². The predicted molar refractivity (Wildman–Crippen MR) is 76.5 cm³/mol. The first-order valence-corrected chi connectivity index (χ1v) is 17.1. The molecule has 0 amide bonds. The van der Waals surface area contributed by atoms with Crippen molar-refractivity contribution in [3.05, 3.63) is 0 Å². The molecule has 0 aliphatic rings.